The second-order valence-corrected chi connectivity index (χ2v) is 3.08. The van der Waals surface area contributed by atoms with Gasteiger partial charge < -0.3 is 29.4 Å². The van der Waals surface area contributed by atoms with Gasteiger partial charge in [0.1, 0.15) is 0 Å². The Morgan fingerprint density at radius 1 is 0.538 bits per heavy atom. The molecule has 70 valence electrons. The van der Waals surface area contributed by atoms with Gasteiger partial charge in [-0.1, -0.05) is 0 Å². The van der Waals surface area contributed by atoms with E-state index in [1.165, 1.54) is 0 Å². The van der Waals surface area contributed by atoms with Gasteiger partial charge in [-0.25, -0.2) is 9.13 Å². The van der Waals surface area contributed by atoms with Crippen LogP contribution in [0, 0.1) is 0 Å². The van der Waals surface area contributed by atoms with Crippen LogP contribution in [-0.4, -0.2) is 176 Å². The molecule has 0 fully saturated rings. The standard InChI is InChI=1S/3Ba.2H3O4P/c;;;2*1-5(2,3)4/h;;;2*(H3,1,2,3,4). The van der Waals surface area contributed by atoms with E-state index in [1.54, 1.807) is 0 Å². The fourth-order valence-electron chi connectivity index (χ4n) is 0. The minimum atomic E-state index is -4.64. The van der Waals surface area contributed by atoms with Gasteiger partial charge in [-0.3, -0.25) is 0 Å². The van der Waals surface area contributed by atoms with Crippen LogP contribution in [0.1, 0.15) is 0 Å². The summed E-state index contributed by atoms with van der Waals surface area (Å²) in [7, 11) is -9.28. The zero-order valence-corrected chi connectivity index (χ0v) is 21.6. The number of phosphoric acid groups is 2. The van der Waals surface area contributed by atoms with Crippen molar-refractivity contribution in [1.82, 2.24) is 0 Å². The van der Waals surface area contributed by atoms with Crippen LogP contribution < -0.4 is 0 Å². The quantitative estimate of drug-likeness (QED) is 0.126. The van der Waals surface area contributed by atoms with E-state index >= 15 is 0 Å². The summed E-state index contributed by atoms with van der Waals surface area (Å²) in [5.74, 6) is 0. The van der Waals surface area contributed by atoms with Crippen LogP contribution in [0.5, 0.6) is 0 Å². The number of rotatable bonds is 0. The smallest absolute Gasteiger partial charge is 0.303 e. The van der Waals surface area contributed by atoms with Crippen LogP contribution in [-0.2, 0) is 9.13 Å². The largest absolute Gasteiger partial charge is 0.466 e. The summed E-state index contributed by atoms with van der Waals surface area (Å²) in [6.07, 6.45) is 0. The molecular weight excluding hydrogens is 602 g/mol. The van der Waals surface area contributed by atoms with Gasteiger partial charge >= 0.3 is 15.6 Å². The molecule has 0 atom stereocenters. The summed E-state index contributed by atoms with van der Waals surface area (Å²) >= 11 is 0. The van der Waals surface area contributed by atoms with Crippen molar-refractivity contribution in [2.75, 3.05) is 0 Å². The van der Waals surface area contributed by atoms with E-state index in [1.807, 2.05) is 0 Å². The van der Waals surface area contributed by atoms with Crippen molar-refractivity contribution in [3.63, 3.8) is 0 Å². The predicted molar refractivity (Wildman–Crippen MR) is 45.8 cm³/mol. The van der Waals surface area contributed by atoms with Gasteiger partial charge in [-0.2, -0.15) is 0 Å². The Labute approximate surface area is 195 Å². The van der Waals surface area contributed by atoms with E-state index in [2.05, 4.69) is 0 Å². The van der Waals surface area contributed by atoms with Gasteiger partial charge in [0.15, 0.2) is 0 Å². The molecule has 0 aromatic heterocycles. The fourth-order valence-corrected chi connectivity index (χ4v) is 0. The van der Waals surface area contributed by atoms with Gasteiger partial charge in [-0.05, 0) is 0 Å². The van der Waals surface area contributed by atoms with Gasteiger partial charge in [0.2, 0.25) is 0 Å². The molecule has 8 nitrogen and oxygen atoms in total. The van der Waals surface area contributed by atoms with Gasteiger partial charge in [0, 0.05) is 147 Å². The SMILES string of the molecule is O=P(O)(O)O.O=P(O)(O)O.[Ba].[Ba].[Ba]. The Balaban J connectivity index is -0.0000000267. The zero-order chi connectivity index (χ0) is 9.00. The Bertz CT molecular complexity index is 130. The molecule has 0 saturated heterocycles. The molecule has 0 bridgehead atoms. The van der Waals surface area contributed by atoms with Gasteiger partial charge in [-0.15, -0.1) is 0 Å². The molecule has 0 aliphatic heterocycles. The van der Waals surface area contributed by atoms with Crippen molar-refractivity contribution in [3.8, 4) is 0 Å². The van der Waals surface area contributed by atoms with Crippen molar-refractivity contribution < 1.29 is 38.5 Å². The predicted octanol–water partition coefficient (Wildman–Crippen LogP) is -3.00. The van der Waals surface area contributed by atoms with Crippen molar-refractivity contribution in [3.05, 3.63) is 0 Å². The van der Waals surface area contributed by atoms with E-state index in [0.717, 1.165) is 0 Å². The van der Waals surface area contributed by atoms with Crippen LogP contribution in [0.25, 0.3) is 0 Å². The topological polar surface area (TPSA) is 156 Å². The van der Waals surface area contributed by atoms with Crippen molar-refractivity contribution >= 4 is 162 Å². The Morgan fingerprint density at radius 3 is 0.538 bits per heavy atom. The van der Waals surface area contributed by atoms with Crippen LogP contribution in [0.2, 0.25) is 0 Å². The average molecular weight is 608 g/mol. The van der Waals surface area contributed by atoms with Crippen molar-refractivity contribution in [2.24, 2.45) is 0 Å². The molecule has 0 aromatic carbocycles. The molecule has 0 spiro atoms. The molecule has 0 aliphatic rings. The molecule has 0 heterocycles. The van der Waals surface area contributed by atoms with E-state index in [0.29, 0.717) is 0 Å². The molecule has 0 saturated carbocycles. The Morgan fingerprint density at radius 2 is 0.538 bits per heavy atom. The van der Waals surface area contributed by atoms with Gasteiger partial charge in [0.25, 0.3) is 0 Å². The zero-order valence-electron chi connectivity index (χ0n) is 6.52. The second kappa shape index (κ2) is 15.0. The molecule has 6 N–H and O–H groups in total. The summed E-state index contributed by atoms with van der Waals surface area (Å²) < 4.78 is 17.8. The van der Waals surface area contributed by atoms with E-state index in [9.17, 15) is 0 Å². The van der Waals surface area contributed by atoms with E-state index in [-0.39, 0.29) is 147 Å². The summed E-state index contributed by atoms with van der Waals surface area (Å²) in [5.41, 5.74) is 0. The third-order valence-corrected chi connectivity index (χ3v) is 0. The molecule has 6 radical (unpaired) electrons. The van der Waals surface area contributed by atoms with E-state index < -0.39 is 15.6 Å². The van der Waals surface area contributed by atoms with E-state index in [4.69, 9.17) is 38.5 Å². The average Bonchev–Trinajstić information content (AvgIpc) is 1.12. The first-order valence-electron chi connectivity index (χ1n) is 1.57. The van der Waals surface area contributed by atoms with Crippen molar-refractivity contribution in [2.45, 2.75) is 0 Å². The number of hydrogen-bond donors (Lipinski definition) is 6. The van der Waals surface area contributed by atoms with Crippen molar-refractivity contribution in [1.29, 1.82) is 0 Å². The summed E-state index contributed by atoms with van der Waals surface area (Å²) in [6, 6.07) is 0. The summed E-state index contributed by atoms with van der Waals surface area (Å²) in [5, 5.41) is 0. The molecule has 0 rings (SSSR count). The van der Waals surface area contributed by atoms with Crippen LogP contribution >= 0.6 is 15.6 Å². The summed E-state index contributed by atoms with van der Waals surface area (Å²) in [6.45, 7) is 0. The normalized spacial score (nSPS) is 9.08. The molecule has 0 aliphatic carbocycles. The molecular formula is H6Ba3O8P2. The Hall–Kier alpha value is 4.93. The first kappa shape index (κ1) is 30.7. The van der Waals surface area contributed by atoms with Crippen LogP contribution in [0.15, 0.2) is 0 Å². The maximum atomic E-state index is 8.88. The van der Waals surface area contributed by atoms with Crippen LogP contribution in [0.4, 0.5) is 0 Å². The third-order valence-electron chi connectivity index (χ3n) is 0. The molecule has 13 heavy (non-hydrogen) atoms. The maximum absolute atomic E-state index is 8.88. The maximum Gasteiger partial charge on any atom is 0.466 e. The molecule has 0 unspecified atom stereocenters. The summed E-state index contributed by atoms with van der Waals surface area (Å²) in [4.78, 5) is 43.1. The minimum Gasteiger partial charge on any atom is -0.303 e. The van der Waals surface area contributed by atoms with Gasteiger partial charge in [0.05, 0.1) is 0 Å². The monoisotopic (exact) mass is 610 g/mol. The third kappa shape index (κ3) is 155. The first-order valence-corrected chi connectivity index (χ1v) is 4.70. The molecule has 0 amide bonds. The first-order chi connectivity index (χ1) is 4.00. The molecule has 0 aromatic rings. The Kier molecular flexibility index (Phi) is 35.5. The molecule has 13 heteroatoms. The second-order valence-electron chi connectivity index (χ2n) is 1.03. The fraction of sp³-hybridized carbons (Fsp3) is 0. The van der Waals surface area contributed by atoms with Crippen LogP contribution in [0.3, 0.4) is 0 Å². The minimum absolute atomic E-state index is 0. The number of hydrogen-bond acceptors (Lipinski definition) is 2.